The lowest BCUT2D eigenvalue weighted by molar-refractivity contribution is 0.674. The van der Waals surface area contributed by atoms with Crippen LogP contribution in [0.5, 0.6) is 0 Å². The Balaban J connectivity index is 0.941. The minimum Gasteiger partial charge on any atom is -0.455 e. The van der Waals surface area contributed by atoms with Crippen LogP contribution in [-0.4, -0.2) is 4.57 Å². The van der Waals surface area contributed by atoms with Gasteiger partial charge < -0.3 is 13.9 Å². The van der Waals surface area contributed by atoms with E-state index in [4.69, 9.17) is 4.42 Å². The van der Waals surface area contributed by atoms with Crippen LogP contribution in [0.1, 0.15) is 0 Å². The molecule has 294 valence electrons. The third-order valence-corrected chi connectivity index (χ3v) is 12.9. The molecule has 0 saturated carbocycles. The van der Waals surface area contributed by atoms with Crippen LogP contribution in [0.4, 0.5) is 17.1 Å². The Morgan fingerprint density at radius 2 is 0.857 bits per heavy atom. The summed E-state index contributed by atoms with van der Waals surface area (Å²) >= 11 is 0. The molecule has 13 rings (SSSR count). The van der Waals surface area contributed by atoms with Gasteiger partial charge in [-0.25, -0.2) is 0 Å². The molecule has 0 amide bonds. The summed E-state index contributed by atoms with van der Waals surface area (Å²) in [5.41, 5.74) is 13.1. The Kier molecular flexibility index (Phi) is 7.91. The number of hydrogen-bond acceptors (Lipinski definition) is 2. The Bertz CT molecular complexity index is 3870. The zero-order chi connectivity index (χ0) is 41.4. The lowest BCUT2D eigenvalue weighted by atomic mass is 9.99. The SMILES string of the molecule is c1cc(-c2cccc3c2oc2c4ccccc4ccc32)cc(N(c2ccc(-c3cccc(-n4c5ccccc5c5ccccc54)c3)cc2)c2ccc3c(ccc4ccccc43)c2)c1. The van der Waals surface area contributed by atoms with Crippen molar-refractivity contribution in [2.75, 3.05) is 4.90 Å². The second-order valence-corrected chi connectivity index (χ2v) is 16.5. The van der Waals surface area contributed by atoms with E-state index in [0.717, 1.165) is 66.8 Å². The van der Waals surface area contributed by atoms with Gasteiger partial charge in [0.05, 0.1) is 11.0 Å². The number of rotatable bonds is 6. The highest BCUT2D eigenvalue weighted by Gasteiger charge is 2.19. The smallest absolute Gasteiger partial charge is 0.143 e. The van der Waals surface area contributed by atoms with Gasteiger partial charge in [0.1, 0.15) is 11.2 Å². The van der Waals surface area contributed by atoms with Crippen molar-refractivity contribution in [3.63, 3.8) is 0 Å². The molecule has 0 N–H and O–H groups in total. The molecule has 2 heterocycles. The Hall–Kier alpha value is -8.40. The van der Waals surface area contributed by atoms with Crippen LogP contribution >= 0.6 is 0 Å². The van der Waals surface area contributed by atoms with E-state index in [0.29, 0.717) is 0 Å². The van der Waals surface area contributed by atoms with Gasteiger partial charge in [-0.15, -0.1) is 0 Å². The normalized spacial score (nSPS) is 11.8. The van der Waals surface area contributed by atoms with Crippen molar-refractivity contribution in [3.8, 4) is 27.9 Å². The van der Waals surface area contributed by atoms with Gasteiger partial charge in [0, 0.05) is 55.2 Å². The third-order valence-electron chi connectivity index (χ3n) is 12.9. The molecular formula is C60H38N2O. The van der Waals surface area contributed by atoms with Gasteiger partial charge in [0.15, 0.2) is 0 Å². The van der Waals surface area contributed by atoms with E-state index in [1.807, 2.05) is 0 Å². The van der Waals surface area contributed by atoms with Crippen LogP contribution in [0.2, 0.25) is 0 Å². The van der Waals surface area contributed by atoms with E-state index in [1.165, 1.54) is 54.3 Å². The molecule has 0 fully saturated rings. The summed E-state index contributed by atoms with van der Waals surface area (Å²) in [5, 5.41) is 12.0. The topological polar surface area (TPSA) is 21.3 Å². The number of anilines is 3. The molecule has 63 heavy (non-hydrogen) atoms. The lowest BCUT2D eigenvalue weighted by Gasteiger charge is -2.27. The van der Waals surface area contributed by atoms with Gasteiger partial charge in [-0.2, -0.15) is 0 Å². The molecule has 0 unspecified atom stereocenters. The number of fused-ring (bicyclic) bond motifs is 11. The summed E-state index contributed by atoms with van der Waals surface area (Å²) in [5.74, 6) is 0. The summed E-state index contributed by atoms with van der Waals surface area (Å²) in [6.07, 6.45) is 0. The third kappa shape index (κ3) is 5.67. The molecule has 0 atom stereocenters. The van der Waals surface area contributed by atoms with Gasteiger partial charge >= 0.3 is 0 Å². The van der Waals surface area contributed by atoms with E-state index in [-0.39, 0.29) is 0 Å². The fourth-order valence-corrected chi connectivity index (χ4v) is 9.98. The Labute approximate surface area is 363 Å². The first-order chi connectivity index (χ1) is 31.2. The molecule has 3 heteroatoms. The van der Waals surface area contributed by atoms with Crippen molar-refractivity contribution in [2.24, 2.45) is 0 Å². The van der Waals surface area contributed by atoms with Gasteiger partial charge in [0.2, 0.25) is 0 Å². The van der Waals surface area contributed by atoms with E-state index in [1.54, 1.807) is 0 Å². The van der Waals surface area contributed by atoms with E-state index < -0.39 is 0 Å². The molecule has 0 saturated heterocycles. The van der Waals surface area contributed by atoms with Gasteiger partial charge in [-0.3, -0.25) is 0 Å². The average molecular weight is 803 g/mol. The summed E-state index contributed by atoms with van der Waals surface area (Å²) in [6, 6.07) is 83.5. The highest BCUT2D eigenvalue weighted by molar-refractivity contribution is 6.17. The number of hydrogen-bond donors (Lipinski definition) is 0. The molecule has 0 aliphatic heterocycles. The molecule has 11 aromatic carbocycles. The van der Waals surface area contributed by atoms with Crippen molar-refractivity contribution in [1.82, 2.24) is 4.57 Å². The van der Waals surface area contributed by atoms with Crippen LogP contribution < -0.4 is 4.90 Å². The van der Waals surface area contributed by atoms with Crippen LogP contribution in [0.15, 0.2) is 235 Å². The van der Waals surface area contributed by atoms with Gasteiger partial charge in [-0.1, -0.05) is 164 Å². The van der Waals surface area contributed by atoms with Gasteiger partial charge in [-0.05, 0) is 110 Å². The van der Waals surface area contributed by atoms with Crippen molar-refractivity contribution < 1.29 is 4.42 Å². The summed E-state index contributed by atoms with van der Waals surface area (Å²) in [6.45, 7) is 0. The predicted octanol–water partition coefficient (Wildman–Crippen LogP) is 16.9. The first kappa shape index (κ1) is 35.4. The Morgan fingerprint density at radius 3 is 1.67 bits per heavy atom. The standard InChI is InChI=1S/C60H38N2O/c1-3-18-49-40(12-1)26-27-44-38-48(33-35-50(44)49)61(46-16-10-15-43(37-46)52-22-11-23-55-56-34-30-41-13-2-4-19-51(41)59(56)63-60(52)55)45-31-28-39(29-32-45)42-14-9-17-47(36-42)62-57-24-7-5-20-53(57)54-21-6-8-25-58(54)62/h1-38H. The summed E-state index contributed by atoms with van der Waals surface area (Å²) in [4.78, 5) is 2.38. The highest BCUT2D eigenvalue weighted by atomic mass is 16.3. The zero-order valence-corrected chi connectivity index (χ0v) is 34.2. The molecule has 0 aliphatic rings. The molecule has 0 spiro atoms. The summed E-state index contributed by atoms with van der Waals surface area (Å²) < 4.78 is 9.20. The van der Waals surface area contributed by atoms with Crippen LogP contribution in [0, 0.1) is 0 Å². The number of para-hydroxylation sites is 3. The maximum Gasteiger partial charge on any atom is 0.143 e. The largest absolute Gasteiger partial charge is 0.455 e. The average Bonchev–Trinajstić information content (AvgIpc) is 3.91. The zero-order valence-electron chi connectivity index (χ0n) is 34.2. The minimum atomic E-state index is 0.901. The van der Waals surface area contributed by atoms with E-state index in [2.05, 4.69) is 240 Å². The quantitative estimate of drug-likeness (QED) is 0.156. The molecule has 2 aromatic heterocycles. The minimum absolute atomic E-state index is 0.901. The van der Waals surface area contributed by atoms with Crippen molar-refractivity contribution >= 4 is 93.1 Å². The number of nitrogens with zero attached hydrogens (tertiary/aromatic N) is 2. The lowest BCUT2D eigenvalue weighted by Crippen LogP contribution is -2.10. The Morgan fingerprint density at radius 1 is 0.302 bits per heavy atom. The number of furan rings is 1. The van der Waals surface area contributed by atoms with Crippen LogP contribution in [0.25, 0.3) is 104 Å². The molecule has 0 radical (unpaired) electrons. The monoisotopic (exact) mass is 802 g/mol. The first-order valence-electron chi connectivity index (χ1n) is 21.6. The first-order valence-corrected chi connectivity index (χ1v) is 21.6. The van der Waals surface area contributed by atoms with Crippen molar-refractivity contribution in [3.05, 3.63) is 231 Å². The second kappa shape index (κ2) is 14.1. The molecule has 0 bridgehead atoms. The van der Waals surface area contributed by atoms with E-state index >= 15 is 0 Å². The maximum atomic E-state index is 6.82. The fourth-order valence-electron chi connectivity index (χ4n) is 9.98. The van der Waals surface area contributed by atoms with Crippen molar-refractivity contribution in [1.29, 1.82) is 0 Å². The number of aromatic nitrogens is 1. The van der Waals surface area contributed by atoms with Crippen molar-refractivity contribution in [2.45, 2.75) is 0 Å². The highest BCUT2D eigenvalue weighted by Crippen LogP contribution is 2.43. The maximum absolute atomic E-state index is 6.82. The molecule has 0 aliphatic carbocycles. The molecular weight excluding hydrogens is 765 g/mol. The molecule has 13 aromatic rings. The predicted molar refractivity (Wildman–Crippen MR) is 266 cm³/mol. The molecule has 3 nitrogen and oxygen atoms in total. The van der Waals surface area contributed by atoms with Crippen LogP contribution in [-0.2, 0) is 0 Å². The van der Waals surface area contributed by atoms with E-state index in [9.17, 15) is 0 Å². The fraction of sp³-hybridized carbons (Fsp3) is 0. The van der Waals surface area contributed by atoms with Gasteiger partial charge in [0.25, 0.3) is 0 Å². The number of benzene rings is 11. The van der Waals surface area contributed by atoms with Crippen LogP contribution in [0.3, 0.4) is 0 Å². The second-order valence-electron chi connectivity index (χ2n) is 16.5. The summed E-state index contributed by atoms with van der Waals surface area (Å²) in [7, 11) is 0.